The molecule has 2 N–H and O–H groups in total. The van der Waals surface area contributed by atoms with E-state index in [2.05, 4.69) is 10.6 Å². The first-order chi connectivity index (χ1) is 16.5. The fourth-order valence-electron chi connectivity index (χ4n) is 4.15. The summed E-state index contributed by atoms with van der Waals surface area (Å²) in [6, 6.07) is 23.8. The van der Waals surface area contributed by atoms with Gasteiger partial charge in [0.15, 0.2) is 5.78 Å². The number of piperidine rings is 1. The average Bonchev–Trinajstić information content (AvgIpc) is 2.89. The Morgan fingerprint density at radius 2 is 1.41 bits per heavy atom. The number of hydrogen-bond acceptors (Lipinski definition) is 3. The molecule has 6 nitrogen and oxygen atoms in total. The molecule has 0 radical (unpaired) electrons. The Bertz CT molecular complexity index is 1130. The van der Waals surface area contributed by atoms with Crippen LogP contribution in [-0.2, 0) is 4.79 Å². The normalized spacial score (nSPS) is 14.8. The third kappa shape index (κ3) is 5.83. The van der Waals surface area contributed by atoms with Crippen molar-refractivity contribution in [3.8, 4) is 0 Å². The number of carbonyl (C=O) groups excluding carboxylic acids is 3. The molecule has 0 bridgehead atoms. The number of urea groups is 1. The van der Waals surface area contributed by atoms with Crippen LogP contribution in [0.2, 0.25) is 5.02 Å². The van der Waals surface area contributed by atoms with Gasteiger partial charge < -0.3 is 15.5 Å². The van der Waals surface area contributed by atoms with Gasteiger partial charge in [0.25, 0.3) is 0 Å². The molecule has 1 atom stereocenters. The Kier molecular flexibility index (Phi) is 7.60. The minimum absolute atomic E-state index is 0.109. The summed E-state index contributed by atoms with van der Waals surface area (Å²) in [7, 11) is 0. The number of anilines is 1. The van der Waals surface area contributed by atoms with Crippen LogP contribution in [-0.4, -0.2) is 35.7 Å². The van der Waals surface area contributed by atoms with Crippen molar-refractivity contribution in [2.45, 2.75) is 18.9 Å². The van der Waals surface area contributed by atoms with Crippen molar-refractivity contribution >= 4 is 35.0 Å². The fraction of sp³-hybridized carbons (Fsp3) is 0.222. The highest BCUT2D eigenvalue weighted by Gasteiger charge is 2.32. The van der Waals surface area contributed by atoms with Crippen molar-refractivity contribution < 1.29 is 14.4 Å². The lowest BCUT2D eigenvalue weighted by atomic mass is 9.88. The van der Waals surface area contributed by atoms with E-state index in [-0.39, 0.29) is 17.6 Å². The van der Waals surface area contributed by atoms with Crippen molar-refractivity contribution in [1.29, 1.82) is 0 Å². The molecular formula is C27H26ClN3O3. The van der Waals surface area contributed by atoms with Crippen LogP contribution in [0.1, 0.15) is 34.8 Å². The van der Waals surface area contributed by atoms with Gasteiger partial charge in [0.1, 0.15) is 6.04 Å². The van der Waals surface area contributed by atoms with Gasteiger partial charge in [0.2, 0.25) is 5.91 Å². The number of carbonyl (C=O) groups is 3. The summed E-state index contributed by atoms with van der Waals surface area (Å²) < 4.78 is 0. The second-order valence-electron chi connectivity index (χ2n) is 8.28. The predicted molar refractivity (Wildman–Crippen MR) is 133 cm³/mol. The van der Waals surface area contributed by atoms with Crippen molar-refractivity contribution in [1.82, 2.24) is 10.2 Å². The zero-order valence-corrected chi connectivity index (χ0v) is 19.4. The Morgan fingerprint density at radius 3 is 2.03 bits per heavy atom. The lowest BCUT2D eigenvalue weighted by Gasteiger charge is -2.34. The summed E-state index contributed by atoms with van der Waals surface area (Å²) in [5, 5.41) is 6.12. The summed E-state index contributed by atoms with van der Waals surface area (Å²) in [5.74, 6) is -0.182. The molecule has 34 heavy (non-hydrogen) atoms. The Hall–Kier alpha value is -3.64. The van der Waals surface area contributed by atoms with E-state index in [0.29, 0.717) is 47.8 Å². The molecule has 1 unspecified atom stereocenters. The van der Waals surface area contributed by atoms with Crippen LogP contribution in [0.15, 0.2) is 84.9 Å². The molecule has 1 fully saturated rings. The van der Waals surface area contributed by atoms with Crippen LogP contribution < -0.4 is 10.6 Å². The van der Waals surface area contributed by atoms with Crippen LogP contribution in [0.3, 0.4) is 0 Å². The fourth-order valence-corrected chi connectivity index (χ4v) is 4.27. The van der Waals surface area contributed by atoms with Gasteiger partial charge in [0, 0.05) is 35.3 Å². The number of amides is 3. The number of nitrogens with zero attached hydrogens (tertiary/aromatic N) is 1. The minimum Gasteiger partial charge on any atom is -0.341 e. The van der Waals surface area contributed by atoms with Crippen LogP contribution in [0.4, 0.5) is 10.5 Å². The van der Waals surface area contributed by atoms with Crippen LogP contribution in [0.25, 0.3) is 0 Å². The number of halogens is 1. The summed E-state index contributed by atoms with van der Waals surface area (Å²) in [5.41, 5.74) is 1.97. The van der Waals surface area contributed by atoms with Gasteiger partial charge in [-0.05, 0) is 42.7 Å². The molecule has 0 aliphatic carbocycles. The van der Waals surface area contributed by atoms with Gasteiger partial charge in [-0.15, -0.1) is 0 Å². The van der Waals surface area contributed by atoms with Gasteiger partial charge in [-0.1, -0.05) is 72.3 Å². The third-order valence-corrected chi connectivity index (χ3v) is 6.25. The zero-order valence-electron chi connectivity index (χ0n) is 18.6. The van der Waals surface area contributed by atoms with Gasteiger partial charge in [-0.2, -0.15) is 0 Å². The van der Waals surface area contributed by atoms with E-state index < -0.39 is 12.1 Å². The first kappa shape index (κ1) is 23.5. The molecule has 174 valence electrons. The van der Waals surface area contributed by atoms with Crippen LogP contribution in [0.5, 0.6) is 0 Å². The molecule has 0 spiro atoms. The molecule has 1 heterocycles. The molecule has 0 aromatic heterocycles. The topological polar surface area (TPSA) is 78.5 Å². The highest BCUT2D eigenvalue weighted by Crippen LogP contribution is 2.25. The van der Waals surface area contributed by atoms with Crippen molar-refractivity contribution in [3.63, 3.8) is 0 Å². The average molecular weight is 476 g/mol. The smallest absolute Gasteiger partial charge is 0.320 e. The first-order valence-corrected chi connectivity index (χ1v) is 11.6. The van der Waals surface area contributed by atoms with Gasteiger partial charge in [-0.25, -0.2) is 4.79 Å². The quantitative estimate of drug-likeness (QED) is 0.473. The van der Waals surface area contributed by atoms with E-state index in [1.165, 1.54) is 0 Å². The monoisotopic (exact) mass is 475 g/mol. The second-order valence-corrected chi connectivity index (χ2v) is 8.72. The number of likely N-dealkylation sites (tertiary alicyclic amines) is 1. The van der Waals surface area contributed by atoms with Crippen molar-refractivity contribution in [2.75, 3.05) is 18.4 Å². The van der Waals surface area contributed by atoms with E-state index in [9.17, 15) is 14.4 Å². The van der Waals surface area contributed by atoms with Crippen molar-refractivity contribution in [2.24, 2.45) is 5.92 Å². The van der Waals surface area contributed by atoms with Crippen LogP contribution >= 0.6 is 11.6 Å². The maximum atomic E-state index is 13.5. The first-order valence-electron chi connectivity index (χ1n) is 11.3. The molecule has 3 aromatic carbocycles. The number of nitrogens with one attached hydrogen (secondary N) is 2. The Morgan fingerprint density at radius 1 is 0.824 bits per heavy atom. The molecular weight excluding hydrogens is 450 g/mol. The number of rotatable bonds is 6. The van der Waals surface area contributed by atoms with Gasteiger partial charge in [0.05, 0.1) is 0 Å². The number of Topliss-reactive ketones (excluding diaryl/α,β-unsaturated/α-hetero) is 1. The highest BCUT2D eigenvalue weighted by atomic mass is 35.5. The van der Waals surface area contributed by atoms with Crippen LogP contribution in [0, 0.1) is 5.92 Å². The number of hydrogen-bond donors (Lipinski definition) is 2. The lowest BCUT2D eigenvalue weighted by Crippen LogP contribution is -2.47. The Labute approximate surface area is 203 Å². The third-order valence-electron chi connectivity index (χ3n) is 5.99. The minimum atomic E-state index is -0.838. The summed E-state index contributed by atoms with van der Waals surface area (Å²) in [4.78, 5) is 40.7. The molecule has 0 saturated carbocycles. The predicted octanol–water partition coefficient (Wildman–Crippen LogP) is 5.32. The lowest BCUT2D eigenvalue weighted by molar-refractivity contribution is -0.134. The maximum Gasteiger partial charge on any atom is 0.320 e. The number of ketones is 1. The molecule has 7 heteroatoms. The second kappa shape index (κ2) is 11.0. The largest absolute Gasteiger partial charge is 0.341 e. The standard InChI is InChI=1S/C27H26ClN3O3/c28-22-11-13-23(14-12-22)29-27(34)30-24(19-7-3-1-4-8-19)26(33)31-17-15-21(16-18-31)25(32)20-9-5-2-6-10-20/h1-14,21,24H,15-18H2,(H2,29,30,34). The Balaban J connectivity index is 1.42. The van der Waals surface area contributed by atoms with Crippen molar-refractivity contribution in [3.05, 3.63) is 101 Å². The van der Waals surface area contributed by atoms with E-state index in [0.717, 1.165) is 0 Å². The highest BCUT2D eigenvalue weighted by molar-refractivity contribution is 6.30. The zero-order chi connectivity index (χ0) is 23.9. The van der Waals surface area contributed by atoms with E-state index >= 15 is 0 Å². The summed E-state index contributed by atoms with van der Waals surface area (Å²) in [6.45, 7) is 0.928. The summed E-state index contributed by atoms with van der Waals surface area (Å²) in [6.07, 6.45) is 1.19. The molecule has 4 rings (SSSR count). The molecule has 1 aliphatic rings. The van der Waals surface area contributed by atoms with E-state index in [1.807, 2.05) is 60.7 Å². The van der Waals surface area contributed by atoms with E-state index in [4.69, 9.17) is 11.6 Å². The van der Waals surface area contributed by atoms with E-state index in [1.54, 1.807) is 29.2 Å². The maximum absolute atomic E-state index is 13.5. The molecule has 1 aliphatic heterocycles. The SMILES string of the molecule is O=C(Nc1ccc(Cl)cc1)NC(C(=O)N1CCC(C(=O)c2ccccc2)CC1)c1ccccc1. The molecule has 3 aromatic rings. The number of benzene rings is 3. The summed E-state index contributed by atoms with van der Waals surface area (Å²) >= 11 is 5.91. The van der Waals surface area contributed by atoms with Gasteiger partial charge >= 0.3 is 6.03 Å². The molecule has 1 saturated heterocycles. The molecule has 3 amide bonds. The van der Waals surface area contributed by atoms with Gasteiger partial charge in [-0.3, -0.25) is 9.59 Å².